The maximum atomic E-state index is 12.0. The van der Waals surface area contributed by atoms with Crippen molar-refractivity contribution < 1.29 is 9.53 Å². The lowest BCUT2D eigenvalue weighted by molar-refractivity contribution is -0.129. The van der Waals surface area contributed by atoms with Gasteiger partial charge in [0.25, 0.3) is 0 Å². The highest BCUT2D eigenvalue weighted by molar-refractivity contribution is 5.77. The molecule has 4 heteroatoms. The molecule has 1 saturated heterocycles. The minimum absolute atomic E-state index is 0.0154. The van der Waals surface area contributed by atoms with Gasteiger partial charge in [0.15, 0.2) is 0 Å². The Morgan fingerprint density at radius 3 is 2.79 bits per heavy atom. The molecule has 0 bridgehead atoms. The van der Waals surface area contributed by atoms with Gasteiger partial charge in [-0.3, -0.25) is 4.79 Å². The Labute approximate surface area is 170 Å². The number of aryl methyl sites for hydroxylation is 1. The van der Waals surface area contributed by atoms with Crippen molar-refractivity contribution in [2.24, 2.45) is 11.8 Å². The van der Waals surface area contributed by atoms with E-state index in [-0.39, 0.29) is 11.4 Å². The van der Waals surface area contributed by atoms with E-state index in [0.717, 1.165) is 51.3 Å². The van der Waals surface area contributed by atoms with Crippen molar-refractivity contribution in [3.8, 4) is 5.75 Å². The quantitative estimate of drug-likeness (QED) is 0.802. The van der Waals surface area contributed by atoms with Gasteiger partial charge >= 0.3 is 0 Å². The van der Waals surface area contributed by atoms with Crippen molar-refractivity contribution >= 4 is 5.91 Å². The van der Waals surface area contributed by atoms with Crippen molar-refractivity contribution in [2.45, 2.75) is 70.8 Å². The van der Waals surface area contributed by atoms with E-state index in [9.17, 15) is 4.79 Å². The molecule has 3 aliphatic rings. The van der Waals surface area contributed by atoms with Crippen LogP contribution in [0.25, 0.3) is 0 Å². The first-order valence-corrected chi connectivity index (χ1v) is 11.3. The number of likely N-dealkylation sites (N-methyl/N-ethyl adjacent to an activating group) is 1. The van der Waals surface area contributed by atoms with Crippen molar-refractivity contribution in [3.63, 3.8) is 0 Å². The Morgan fingerprint density at radius 2 is 2.00 bits per heavy atom. The molecular weight excluding hydrogens is 348 g/mol. The second-order valence-electron chi connectivity index (χ2n) is 9.19. The highest BCUT2D eigenvalue weighted by Crippen LogP contribution is 2.53. The second-order valence-corrected chi connectivity index (χ2v) is 9.19. The maximum absolute atomic E-state index is 12.0. The van der Waals surface area contributed by atoms with Gasteiger partial charge in [0, 0.05) is 18.5 Å². The SMILES string of the molecule is CCN(CC)CCOc1ccc2c(c1)CC[C@@H]1[C@@H]2CC[C@]2(C)NC(=O)CC[C@@H]12. The molecule has 1 aromatic carbocycles. The van der Waals surface area contributed by atoms with E-state index in [2.05, 4.69) is 49.2 Å². The first-order valence-electron chi connectivity index (χ1n) is 11.3. The number of amides is 1. The van der Waals surface area contributed by atoms with Crippen LogP contribution in [-0.2, 0) is 11.2 Å². The Hall–Kier alpha value is -1.55. The number of fused-ring (bicyclic) bond motifs is 5. The standard InChI is InChI=1S/C24H36N2O2/c1-4-26(5-2)14-15-28-18-7-9-19-17(16-18)6-8-21-20(19)12-13-24(3)22(21)10-11-23(27)25-24/h7,9,16,20-22H,4-6,8,10-15H2,1-3H3,(H,25,27)/t20-,21-,22+,24+/m1/s1. The van der Waals surface area contributed by atoms with E-state index in [1.54, 1.807) is 5.56 Å². The molecule has 154 valence electrons. The number of nitrogens with one attached hydrogen (secondary N) is 1. The predicted octanol–water partition coefficient (Wildman–Crippen LogP) is 4.13. The zero-order valence-electron chi connectivity index (χ0n) is 17.8. The number of nitrogens with zero attached hydrogens (tertiary/aromatic N) is 1. The van der Waals surface area contributed by atoms with Gasteiger partial charge in [0.2, 0.25) is 5.91 Å². The van der Waals surface area contributed by atoms with Crippen molar-refractivity contribution in [1.29, 1.82) is 0 Å². The number of carbonyl (C=O) groups is 1. The number of rotatable bonds is 6. The highest BCUT2D eigenvalue weighted by Gasteiger charge is 2.50. The smallest absolute Gasteiger partial charge is 0.220 e. The number of benzene rings is 1. The number of carbonyl (C=O) groups excluding carboxylic acids is 1. The lowest BCUT2D eigenvalue weighted by atomic mass is 9.55. The minimum Gasteiger partial charge on any atom is -0.492 e. The second kappa shape index (κ2) is 8.06. The van der Waals surface area contributed by atoms with E-state index in [1.807, 2.05) is 0 Å². The molecule has 0 unspecified atom stereocenters. The summed E-state index contributed by atoms with van der Waals surface area (Å²) in [5.41, 5.74) is 3.05. The summed E-state index contributed by atoms with van der Waals surface area (Å²) in [4.78, 5) is 14.4. The van der Waals surface area contributed by atoms with Gasteiger partial charge in [0.05, 0.1) is 0 Å². The van der Waals surface area contributed by atoms with E-state index in [1.165, 1.54) is 18.4 Å². The van der Waals surface area contributed by atoms with Crippen molar-refractivity contribution in [2.75, 3.05) is 26.2 Å². The summed E-state index contributed by atoms with van der Waals surface area (Å²) in [6, 6.07) is 6.81. The van der Waals surface area contributed by atoms with E-state index in [0.29, 0.717) is 24.2 Å². The normalized spacial score (nSPS) is 31.6. The molecule has 0 aromatic heterocycles. The Morgan fingerprint density at radius 1 is 1.18 bits per heavy atom. The van der Waals surface area contributed by atoms with Crippen LogP contribution in [0, 0.1) is 11.8 Å². The molecule has 4 rings (SSSR count). The topological polar surface area (TPSA) is 41.6 Å². The molecule has 1 amide bonds. The molecule has 0 radical (unpaired) electrons. The van der Waals surface area contributed by atoms with Crippen LogP contribution in [0.2, 0.25) is 0 Å². The average Bonchev–Trinajstić information content (AvgIpc) is 2.69. The average molecular weight is 385 g/mol. The van der Waals surface area contributed by atoms with Crippen LogP contribution in [0.1, 0.15) is 69.9 Å². The molecule has 2 fully saturated rings. The third-order valence-corrected chi connectivity index (χ3v) is 7.77. The Bertz CT molecular complexity index is 715. The zero-order valence-corrected chi connectivity index (χ0v) is 17.8. The van der Waals surface area contributed by atoms with Gasteiger partial charge < -0.3 is 15.0 Å². The fraction of sp³-hybridized carbons (Fsp3) is 0.708. The van der Waals surface area contributed by atoms with Gasteiger partial charge in [-0.05, 0) is 93.1 Å². The summed E-state index contributed by atoms with van der Waals surface area (Å²) in [6.07, 6.45) is 6.45. The molecule has 2 aliphatic carbocycles. The fourth-order valence-electron chi connectivity index (χ4n) is 6.16. The summed E-state index contributed by atoms with van der Waals surface area (Å²) in [7, 11) is 0. The van der Waals surface area contributed by atoms with Gasteiger partial charge in [-0.25, -0.2) is 0 Å². The van der Waals surface area contributed by atoms with E-state index < -0.39 is 0 Å². The number of ether oxygens (including phenoxy) is 1. The van der Waals surface area contributed by atoms with Gasteiger partial charge in [0.1, 0.15) is 12.4 Å². The number of hydrogen-bond acceptors (Lipinski definition) is 3. The van der Waals surface area contributed by atoms with Crippen LogP contribution in [0.15, 0.2) is 18.2 Å². The van der Waals surface area contributed by atoms with Crippen molar-refractivity contribution in [3.05, 3.63) is 29.3 Å². The maximum Gasteiger partial charge on any atom is 0.220 e. The highest BCUT2D eigenvalue weighted by atomic mass is 16.5. The molecule has 4 atom stereocenters. The van der Waals surface area contributed by atoms with Crippen molar-refractivity contribution in [1.82, 2.24) is 10.2 Å². The summed E-state index contributed by atoms with van der Waals surface area (Å²) < 4.78 is 6.07. The molecule has 1 saturated carbocycles. The monoisotopic (exact) mass is 384 g/mol. The minimum atomic E-state index is 0.0154. The van der Waals surface area contributed by atoms with Gasteiger partial charge in [-0.1, -0.05) is 19.9 Å². The Balaban J connectivity index is 1.45. The van der Waals surface area contributed by atoms with Crippen LogP contribution < -0.4 is 10.1 Å². The van der Waals surface area contributed by atoms with Crippen LogP contribution in [0.5, 0.6) is 5.75 Å². The molecule has 1 heterocycles. The van der Waals surface area contributed by atoms with Crippen LogP contribution in [0.3, 0.4) is 0 Å². The van der Waals surface area contributed by atoms with E-state index >= 15 is 0 Å². The third-order valence-electron chi connectivity index (χ3n) is 7.77. The number of piperidine rings is 1. The third kappa shape index (κ3) is 3.68. The largest absolute Gasteiger partial charge is 0.492 e. The fourth-order valence-corrected chi connectivity index (χ4v) is 6.16. The summed E-state index contributed by atoms with van der Waals surface area (Å²) >= 11 is 0. The lowest BCUT2D eigenvalue weighted by Gasteiger charge is -2.54. The first kappa shape index (κ1) is 19.8. The van der Waals surface area contributed by atoms with E-state index in [4.69, 9.17) is 4.74 Å². The molecule has 1 aromatic rings. The molecule has 1 aliphatic heterocycles. The van der Waals surface area contributed by atoms with Crippen LogP contribution in [-0.4, -0.2) is 42.6 Å². The lowest BCUT2D eigenvalue weighted by Crippen LogP contribution is -2.60. The zero-order chi connectivity index (χ0) is 19.7. The summed E-state index contributed by atoms with van der Waals surface area (Å²) in [5, 5.41) is 3.34. The molecule has 28 heavy (non-hydrogen) atoms. The van der Waals surface area contributed by atoms with Crippen LogP contribution in [0.4, 0.5) is 0 Å². The summed E-state index contributed by atoms with van der Waals surface area (Å²) in [5.74, 6) is 3.26. The van der Waals surface area contributed by atoms with Crippen LogP contribution >= 0.6 is 0 Å². The first-order chi connectivity index (χ1) is 13.5. The predicted molar refractivity (Wildman–Crippen MR) is 113 cm³/mol. The van der Waals surface area contributed by atoms with Gasteiger partial charge in [-0.2, -0.15) is 0 Å². The molecular formula is C24H36N2O2. The Kier molecular flexibility index (Phi) is 5.69. The number of hydrogen-bond donors (Lipinski definition) is 1. The summed E-state index contributed by atoms with van der Waals surface area (Å²) in [6.45, 7) is 10.6. The molecule has 4 nitrogen and oxygen atoms in total. The van der Waals surface area contributed by atoms with Gasteiger partial charge in [-0.15, -0.1) is 0 Å². The molecule has 0 spiro atoms. The molecule has 1 N–H and O–H groups in total.